The van der Waals surface area contributed by atoms with Gasteiger partial charge in [0.1, 0.15) is 6.07 Å². The number of amides is 1. The van der Waals surface area contributed by atoms with Crippen molar-refractivity contribution < 1.29 is 22.7 Å². The van der Waals surface area contributed by atoms with Crippen LogP contribution in [0.15, 0.2) is 42.5 Å². The summed E-state index contributed by atoms with van der Waals surface area (Å²) in [6.45, 7) is 2.43. The fourth-order valence-electron chi connectivity index (χ4n) is 2.21. The van der Waals surface area contributed by atoms with Crippen LogP contribution in [0, 0.1) is 11.3 Å². The molecule has 8 heteroatoms. The van der Waals surface area contributed by atoms with Crippen molar-refractivity contribution in [2.75, 3.05) is 17.2 Å². The molecule has 0 aliphatic heterocycles. The highest BCUT2D eigenvalue weighted by atomic mass is 19.4. The molecule has 0 saturated carbocycles. The first-order chi connectivity index (χ1) is 12.8. The predicted octanol–water partition coefficient (Wildman–Crippen LogP) is 5.15. The normalized spacial score (nSPS) is 10.8. The number of ether oxygens (including phenoxy) is 1. The summed E-state index contributed by atoms with van der Waals surface area (Å²) < 4.78 is 42.6. The average Bonchev–Trinajstić information content (AvgIpc) is 2.65. The van der Waals surface area contributed by atoms with Gasteiger partial charge in [0.25, 0.3) is 0 Å². The highest BCUT2D eigenvalue weighted by Crippen LogP contribution is 2.29. The molecule has 142 valence electrons. The van der Waals surface area contributed by atoms with Gasteiger partial charge in [-0.1, -0.05) is 19.1 Å². The van der Waals surface area contributed by atoms with E-state index in [0.717, 1.165) is 12.1 Å². The molecule has 2 aromatic carbocycles. The van der Waals surface area contributed by atoms with E-state index in [9.17, 15) is 23.2 Å². The second kappa shape index (κ2) is 8.94. The minimum atomic E-state index is -4.37. The number of rotatable bonds is 6. The zero-order valence-corrected chi connectivity index (χ0v) is 14.6. The van der Waals surface area contributed by atoms with Gasteiger partial charge in [0, 0.05) is 12.2 Å². The fourth-order valence-corrected chi connectivity index (χ4v) is 2.21. The quantitative estimate of drug-likeness (QED) is 0.730. The lowest BCUT2D eigenvalue weighted by molar-refractivity contribution is -0.137. The molecular formula is C19H18F3N3O2. The summed E-state index contributed by atoms with van der Waals surface area (Å²) in [5, 5.41) is 14.8. The van der Waals surface area contributed by atoms with Gasteiger partial charge in [-0.2, -0.15) is 18.4 Å². The van der Waals surface area contributed by atoms with Crippen molar-refractivity contribution in [3.05, 3.63) is 59.2 Å². The molecule has 0 bridgehead atoms. The highest BCUT2D eigenvalue weighted by Gasteiger charge is 2.29. The van der Waals surface area contributed by atoms with Gasteiger partial charge in [0.05, 0.1) is 23.4 Å². The zero-order chi connectivity index (χ0) is 19.9. The van der Waals surface area contributed by atoms with Crippen LogP contribution >= 0.6 is 0 Å². The largest absolute Gasteiger partial charge is 0.449 e. The van der Waals surface area contributed by atoms with Gasteiger partial charge in [-0.05, 0) is 42.3 Å². The molecule has 0 aliphatic rings. The zero-order valence-electron chi connectivity index (χ0n) is 14.6. The lowest BCUT2D eigenvalue weighted by atomic mass is 10.1. The molecule has 0 atom stereocenters. The molecule has 0 spiro atoms. The molecule has 0 radical (unpaired) electrons. The Kier molecular flexibility index (Phi) is 6.66. The summed E-state index contributed by atoms with van der Waals surface area (Å²) in [5.74, 6) is 0. The predicted molar refractivity (Wildman–Crippen MR) is 95.2 cm³/mol. The van der Waals surface area contributed by atoms with Gasteiger partial charge in [-0.15, -0.1) is 0 Å². The molecule has 27 heavy (non-hydrogen) atoms. The van der Waals surface area contributed by atoms with Crippen LogP contribution < -0.4 is 10.6 Å². The molecule has 5 nitrogen and oxygen atoms in total. The number of carbonyl (C=O) groups excluding carboxylic acids is 1. The Morgan fingerprint density at radius 1 is 1.19 bits per heavy atom. The Hall–Kier alpha value is -3.21. The third-order valence-corrected chi connectivity index (χ3v) is 3.59. The van der Waals surface area contributed by atoms with Gasteiger partial charge in [0.2, 0.25) is 0 Å². The summed E-state index contributed by atoms with van der Waals surface area (Å²) in [7, 11) is 0. The topological polar surface area (TPSA) is 74.2 Å². The number of halogens is 3. The molecule has 2 N–H and O–H groups in total. The van der Waals surface area contributed by atoms with E-state index >= 15 is 0 Å². The Morgan fingerprint density at radius 2 is 1.89 bits per heavy atom. The average molecular weight is 377 g/mol. The van der Waals surface area contributed by atoms with Gasteiger partial charge >= 0.3 is 12.3 Å². The van der Waals surface area contributed by atoms with Crippen LogP contribution in [-0.2, 0) is 17.5 Å². The molecule has 2 aromatic rings. The number of hydrogen-bond donors (Lipinski definition) is 2. The first-order valence-corrected chi connectivity index (χ1v) is 8.21. The number of nitrogens with zero attached hydrogens (tertiary/aromatic N) is 1. The standard InChI is InChI=1S/C19H18F3N3O2/c1-2-9-27-18(26)25-17-8-7-16(10-14(17)11-23)24-12-13-3-5-15(6-4-13)19(20,21)22/h3-8,10,24H,2,9,12H2,1H3,(H,25,26). The SMILES string of the molecule is CCCOC(=O)Nc1ccc(NCc2ccc(C(F)(F)F)cc2)cc1C#N. The number of benzene rings is 2. The number of alkyl halides is 3. The maximum absolute atomic E-state index is 12.6. The Balaban J connectivity index is 2.01. The van der Waals surface area contributed by atoms with Crippen LogP contribution in [0.25, 0.3) is 0 Å². The van der Waals surface area contributed by atoms with Crippen LogP contribution in [0.3, 0.4) is 0 Å². The van der Waals surface area contributed by atoms with Gasteiger partial charge in [-0.25, -0.2) is 4.79 Å². The van der Waals surface area contributed by atoms with Gasteiger partial charge < -0.3 is 10.1 Å². The number of anilines is 2. The lowest BCUT2D eigenvalue weighted by Gasteiger charge is -2.11. The number of hydrogen-bond acceptors (Lipinski definition) is 4. The van der Waals surface area contributed by atoms with E-state index in [1.807, 2.05) is 13.0 Å². The molecule has 0 fully saturated rings. The number of nitriles is 1. The molecule has 0 aliphatic carbocycles. The Morgan fingerprint density at radius 3 is 2.48 bits per heavy atom. The summed E-state index contributed by atoms with van der Waals surface area (Å²) in [6.07, 6.45) is -4.32. The minimum Gasteiger partial charge on any atom is -0.449 e. The Labute approximate surface area is 154 Å². The van der Waals surface area contributed by atoms with Crippen molar-refractivity contribution in [2.24, 2.45) is 0 Å². The van der Waals surface area contributed by atoms with Crippen LogP contribution in [0.4, 0.5) is 29.3 Å². The summed E-state index contributed by atoms with van der Waals surface area (Å²) in [4.78, 5) is 11.6. The van der Waals surface area contributed by atoms with Crippen LogP contribution in [0.1, 0.15) is 30.0 Å². The molecule has 0 unspecified atom stereocenters. The highest BCUT2D eigenvalue weighted by molar-refractivity contribution is 5.87. The second-order valence-electron chi connectivity index (χ2n) is 5.68. The minimum absolute atomic E-state index is 0.237. The van der Waals surface area contributed by atoms with Gasteiger partial charge in [-0.3, -0.25) is 5.32 Å². The maximum Gasteiger partial charge on any atom is 0.416 e. The summed E-state index contributed by atoms with van der Waals surface area (Å²) >= 11 is 0. The summed E-state index contributed by atoms with van der Waals surface area (Å²) in [5.41, 5.74) is 1.11. The van der Waals surface area contributed by atoms with Crippen LogP contribution in [0.5, 0.6) is 0 Å². The van der Waals surface area contributed by atoms with E-state index in [1.54, 1.807) is 18.2 Å². The van der Waals surface area contributed by atoms with Crippen molar-refractivity contribution >= 4 is 17.5 Å². The van der Waals surface area contributed by atoms with E-state index < -0.39 is 17.8 Å². The van der Waals surface area contributed by atoms with Crippen molar-refractivity contribution in [3.63, 3.8) is 0 Å². The number of carbonyl (C=O) groups is 1. The third-order valence-electron chi connectivity index (χ3n) is 3.59. The maximum atomic E-state index is 12.6. The second-order valence-corrected chi connectivity index (χ2v) is 5.68. The van der Waals surface area contributed by atoms with Crippen LogP contribution in [0.2, 0.25) is 0 Å². The van der Waals surface area contributed by atoms with E-state index in [0.29, 0.717) is 23.4 Å². The van der Waals surface area contributed by atoms with E-state index in [1.165, 1.54) is 12.1 Å². The van der Waals surface area contributed by atoms with Crippen molar-refractivity contribution in [2.45, 2.75) is 26.1 Å². The molecule has 0 saturated heterocycles. The van der Waals surface area contributed by atoms with Gasteiger partial charge in [0.15, 0.2) is 0 Å². The fraction of sp³-hybridized carbons (Fsp3) is 0.263. The van der Waals surface area contributed by atoms with E-state index in [-0.39, 0.29) is 18.7 Å². The van der Waals surface area contributed by atoms with Crippen molar-refractivity contribution in [1.29, 1.82) is 5.26 Å². The molecular weight excluding hydrogens is 359 g/mol. The monoisotopic (exact) mass is 377 g/mol. The van der Waals surface area contributed by atoms with E-state index in [2.05, 4.69) is 10.6 Å². The lowest BCUT2D eigenvalue weighted by Crippen LogP contribution is -2.15. The smallest absolute Gasteiger partial charge is 0.416 e. The van der Waals surface area contributed by atoms with Crippen molar-refractivity contribution in [1.82, 2.24) is 0 Å². The van der Waals surface area contributed by atoms with Crippen molar-refractivity contribution in [3.8, 4) is 6.07 Å². The number of nitrogens with one attached hydrogen (secondary N) is 2. The van der Waals surface area contributed by atoms with E-state index in [4.69, 9.17) is 4.74 Å². The summed E-state index contributed by atoms with van der Waals surface area (Å²) in [6, 6.07) is 11.6. The Bertz CT molecular complexity index is 828. The molecule has 0 heterocycles. The molecule has 2 rings (SSSR count). The molecule has 0 aromatic heterocycles. The molecule has 1 amide bonds. The first-order valence-electron chi connectivity index (χ1n) is 8.21. The van der Waals surface area contributed by atoms with Crippen LogP contribution in [-0.4, -0.2) is 12.7 Å². The third kappa shape index (κ3) is 5.92. The first kappa shape index (κ1) is 20.1.